The Morgan fingerprint density at radius 1 is 1.27 bits per heavy atom. The Morgan fingerprint density at radius 3 is 2.69 bits per heavy atom. The summed E-state index contributed by atoms with van der Waals surface area (Å²) in [7, 11) is 0. The molecule has 1 fully saturated rings. The second-order valence-corrected chi connectivity index (χ2v) is 6.95. The highest BCUT2D eigenvalue weighted by Gasteiger charge is 2.28. The van der Waals surface area contributed by atoms with E-state index in [1.165, 1.54) is 12.3 Å². The number of hydroxylamine groups is 1. The molecule has 0 bridgehead atoms. The topological polar surface area (TPSA) is 110 Å². The molecule has 2 N–H and O–H groups in total. The van der Waals surface area contributed by atoms with Gasteiger partial charge in [-0.25, -0.2) is 19.4 Å². The highest BCUT2D eigenvalue weighted by Crippen LogP contribution is 2.15. The zero-order valence-corrected chi connectivity index (χ0v) is 15.2. The van der Waals surface area contributed by atoms with Crippen molar-refractivity contribution in [2.75, 3.05) is 13.1 Å². The molecule has 9 heteroatoms. The summed E-state index contributed by atoms with van der Waals surface area (Å²) in [6, 6.07) is 3.85. The number of nitrogens with one attached hydrogen (secondary N) is 2. The second-order valence-electron chi connectivity index (χ2n) is 6.95. The number of urea groups is 1. The third-order valence-corrected chi connectivity index (χ3v) is 3.52. The first-order valence-corrected chi connectivity index (χ1v) is 8.41. The van der Waals surface area contributed by atoms with Crippen LogP contribution >= 0.6 is 0 Å². The lowest BCUT2D eigenvalue weighted by Gasteiger charge is -2.34. The van der Waals surface area contributed by atoms with E-state index in [0.29, 0.717) is 19.5 Å². The molecule has 0 aliphatic carbocycles. The number of piperidine rings is 1. The number of hydrogen-bond acceptors (Lipinski definition) is 6. The molecule has 26 heavy (non-hydrogen) atoms. The monoisotopic (exact) mass is 364 g/mol. The van der Waals surface area contributed by atoms with Gasteiger partial charge in [-0.3, -0.25) is 0 Å². The van der Waals surface area contributed by atoms with E-state index in [2.05, 4.69) is 10.3 Å². The number of carbonyl (C=O) groups is 3. The van der Waals surface area contributed by atoms with Crippen molar-refractivity contribution in [3.05, 3.63) is 30.1 Å². The third-order valence-electron chi connectivity index (χ3n) is 3.52. The highest BCUT2D eigenvalue weighted by molar-refractivity contribution is 5.88. The van der Waals surface area contributed by atoms with Crippen LogP contribution in [0.5, 0.6) is 0 Å². The van der Waals surface area contributed by atoms with Crippen LogP contribution in [0.2, 0.25) is 0 Å². The molecule has 0 spiro atoms. The summed E-state index contributed by atoms with van der Waals surface area (Å²) < 4.78 is 5.34. The molecule has 0 radical (unpaired) electrons. The third kappa shape index (κ3) is 6.23. The van der Waals surface area contributed by atoms with Crippen LogP contribution in [-0.4, -0.2) is 52.7 Å². The first-order valence-electron chi connectivity index (χ1n) is 8.41. The summed E-state index contributed by atoms with van der Waals surface area (Å²) in [6.45, 7) is 6.30. The lowest BCUT2D eigenvalue weighted by atomic mass is 10.1. The highest BCUT2D eigenvalue weighted by atomic mass is 16.7. The predicted octanol–water partition coefficient (Wildman–Crippen LogP) is 1.85. The molecule has 1 aromatic heterocycles. The largest absolute Gasteiger partial charge is 0.444 e. The summed E-state index contributed by atoms with van der Waals surface area (Å²) in [5.41, 5.74) is 1.55. The summed E-state index contributed by atoms with van der Waals surface area (Å²) >= 11 is 0. The Kier molecular flexibility index (Phi) is 6.37. The van der Waals surface area contributed by atoms with Crippen molar-refractivity contribution < 1.29 is 24.0 Å². The fraction of sp³-hybridized carbons (Fsp3) is 0.529. The van der Waals surface area contributed by atoms with Gasteiger partial charge >= 0.3 is 18.1 Å². The maximum absolute atomic E-state index is 12.1. The fourth-order valence-electron chi connectivity index (χ4n) is 2.43. The zero-order valence-electron chi connectivity index (χ0n) is 15.2. The molecule has 1 aromatic rings. The van der Waals surface area contributed by atoms with Crippen molar-refractivity contribution in [3.8, 4) is 0 Å². The molecule has 0 aromatic carbocycles. The number of pyridine rings is 1. The first kappa shape index (κ1) is 19.5. The van der Waals surface area contributed by atoms with Crippen molar-refractivity contribution in [1.82, 2.24) is 20.7 Å². The predicted molar refractivity (Wildman–Crippen MR) is 92.1 cm³/mol. The van der Waals surface area contributed by atoms with Crippen LogP contribution in [0.3, 0.4) is 0 Å². The second kappa shape index (κ2) is 8.50. The first-order chi connectivity index (χ1) is 12.2. The maximum atomic E-state index is 12.1. The van der Waals surface area contributed by atoms with Crippen LogP contribution in [0.25, 0.3) is 0 Å². The normalized spacial score (nSPS) is 17.2. The van der Waals surface area contributed by atoms with Crippen molar-refractivity contribution in [2.24, 2.45) is 0 Å². The molecule has 1 unspecified atom stereocenters. The molecule has 3 amide bonds. The van der Waals surface area contributed by atoms with Gasteiger partial charge in [-0.15, -0.1) is 0 Å². The van der Waals surface area contributed by atoms with Crippen LogP contribution in [0.1, 0.15) is 44.1 Å². The van der Waals surface area contributed by atoms with Crippen LogP contribution in [0, 0.1) is 0 Å². The number of carbonyl (C=O) groups excluding carboxylic acids is 3. The van der Waals surface area contributed by atoms with Crippen molar-refractivity contribution in [3.63, 3.8) is 0 Å². The number of likely N-dealkylation sites (tertiary alicyclic amines) is 1. The van der Waals surface area contributed by atoms with Crippen molar-refractivity contribution >= 4 is 18.1 Å². The molecule has 2 heterocycles. The number of rotatable bonds is 2. The minimum absolute atomic E-state index is 0.0848. The minimum atomic E-state index is -0.764. The SMILES string of the molecule is CC(C)(C)OC(=O)N1CCCC(NC(=O)NOC(=O)c2ccccn2)C1. The maximum Gasteiger partial charge on any atom is 0.410 e. The molecular formula is C17H24N4O5. The minimum Gasteiger partial charge on any atom is -0.444 e. The van der Waals surface area contributed by atoms with Crippen LogP contribution in [0.15, 0.2) is 24.4 Å². The average molecular weight is 364 g/mol. The Labute approximate surface area is 152 Å². The van der Waals surface area contributed by atoms with E-state index in [1.807, 2.05) is 5.48 Å². The van der Waals surface area contributed by atoms with Gasteiger partial charge in [0.25, 0.3) is 0 Å². The molecule has 1 saturated heterocycles. The Hall–Kier alpha value is -2.84. The number of aromatic nitrogens is 1. The van der Waals surface area contributed by atoms with Gasteiger partial charge in [-0.05, 0) is 45.7 Å². The van der Waals surface area contributed by atoms with E-state index >= 15 is 0 Å². The van der Waals surface area contributed by atoms with Gasteiger partial charge in [-0.1, -0.05) is 6.07 Å². The molecule has 1 atom stereocenters. The van der Waals surface area contributed by atoms with Gasteiger partial charge in [0.2, 0.25) is 0 Å². The number of amides is 3. The van der Waals surface area contributed by atoms with Crippen LogP contribution < -0.4 is 10.8 Å². The molecule has 0 saturated carbocycles. The molecule has 9 nitrogen and oxygen atoms in total. The molecule has 1 aliphatic rings. The lowest BCUT2D eigenvalue weighted by molar-refractivity contribution is 0.0184. The Balaban J connectivity index is 1.78. The van der Waals surface area contributed by atoms with Gasteiger partial charge in [0.1, 0.15) is 5.60 Å². The molecule has 142 valence electrons. The number of ether oxygens (including phenoxy) is 1. The molecule has 2 rings (SSSR count). The van der Waals surface area contributed by atoms with Crippen LogP contribution in [0.4, 0.5) is 9.59 Å². The standard InChI is InChI=1S/C17H24N4O5/c1-17(2,3)25-16(24)21-10-6-7-12(11-21)19-15(23)20-26-14(22)13-8-4-5-9-18-13/h4-5,8-9,12H,6-7,10-11H2,1-3H3,(H2,19,20,23). The Bertz CT molecular complexity index is 644. The van der Waals surface area contributed by atoms with Gasteiger partial charge in [0.05, 0.1) is 0 Å². The van der Waals surface area contributed by atoms with E-state index < -0.39 is 23.7 Å². The van der Waals surface area contributed by atoms with Gasteiger partial charge < -0.3 is 19.8 Å². The number of nitrogens with zero attached hydrogens (tertiary/aromatic N) is 2. The van der Waals surface area contributed by atoms with E-state index in [1.54, 1.807) is 37.8 Å². The molecule has 1 aliphatic heterocycles. The zero-order chi connectivity index (χ0) is 19.2. The van der Waals surface area contributed by atoms with Gasteiger partial charge in [0, 0.05) is 25.3 Å². The van der Waals surface area contributed by atoms with Crippen molar-refractivity contribution in [1.29, 1.82) is 0 Å². The van der Waals surface area contributed by atoms with Crippen LogP contribution in [-0.2, 0) is 9.57 Å². The molecular weight excluding hydrogens is 340 g/mol. The van der Waals surface area contributed by atoms with E-state index in [9.17, 15) is 14.4 Å². The fourth-order valence-corrected chi connectivity index (χ4v) is 2.43. The summed E-state index contributed by atoms with van der Waals surface area (Å²) in [5, 5.41) is 2.68. The summed E-state index contributed by atoms with van der Waals surface area (Å²) in [6.07, 6.45) is 2.48. The smallest absolute Gasteiger partial charge is 0.410 e. The Morgan fingerprint density at radius 2 is 2.04 bits per heavy atom. The van der Waals surface area contributed by atoms with Gasteiger partial charge in [0.15, 0.2) is 5.69 Å². The average Bonchev–Trinajstić information content (AvgIpc) is 2.59. The van der Waals surface area contributed by atoms with E-state index in [-0.39, 0.29) is 11.7 Å². The summed E-state index contributed by atoms with van der Waals surface area (Å²) in [4.78, 5) is 45.8. The lowest BCUT2D eigenvalue weighted by Crippen LogP contribution is -2.52. The quantitative estimate of drug-likeness (QED) is 0.775. The summed E-state index contributed by atoms with van der Waals surface area (Å²) in [5.74, 6) is -0.764. The van der Waals surface area contributed by atoms with Gasteiger partial charge in [-0.2, -0.15) is 5.48 Å². The van der Waals surface area contributed by atoms with E-state index in [0.717, 1.165) is 6.42 Å². The van der Waals surface area contributed by atoms with E-state index in [4.69, 9.17) is 9.57 Å². The van der Waals surface area contributed by atoms with Crippen molar-refractivity contribution in [2.45, 2.75) is 45.3 Å². The number of hydrogen-bond donors (Lipinski definition) is 2.